The van der Waals surface area contributed by atoms with Crippen molar-refractivity contribution in [3.63, 3.8) is 0 Å². The van der Waals surface area contributed by atoms with Crippen molar-refractivity contribution in [1.82, 2.24) is 10.3 Å². The number of benzene rings is 2. The predicted molar refractivity (Wildman–Crippen MR) is 91.1 cm³/mol. The van der Waals surface area contributed by atoms with E-state index in [0.717, 1.165) is 22.0 Å². The Balaban J connectivity index is 1.66. The van der Waals surface area contributed by atoms with E-state index in [4.69, 9.17) is 4.74 Å². The first-order chi connectivity index (χ1) is 11.3. The molecule has 0 fully saturated rings. The van der Waals surface area contributed by atoms with E-state index in [-0.39, 0.29) is 12.0 Å². The van der Waals surface area contributed by atoms with E-state index in [1.54, 1.807) is 7.05 Å². The first kappa shape index (κ1) is 15.3. The summed E-state index contributed by atoms with van der Waals surface area (Å²) < 4.78 is 5.43. The van der Waals surface area contributed by atoms with Crippen LogP contribution in [0, 0.1) is 0 Å². The highest BCUT2D eigenvalue weighted by molar-refractivity contribution is 5.84. The van der Waals surface area contributed by atoms with Crippen LogP contribution in [0.2, 0.25) is 0 Å². The fourth-order valence-corrected chi connectivity index (χ4v) is 2.65. The van der Waals surface area contributed by atoms with Gasteiger partial charge in [0.05, 0.1) is 0 Å². The van der Waals surface area contributed by atoms with Gasteiger partial charge in [-0.3, -0.25) is 4.79 Å². The molecule has 0 amide bonds. The van der Waals surface area contributed by atoms with E-state index in [0.29, 0.717) is 13.0 Å². The molecule has 0 spiro atoms. The second-order valence-electron chi connectivity index (χ2n) is 5.50. The van der Waals surface area contributed by atoms with Crippen LogP contribution in [0.3, 0.4) is 0 Å². The third kappa shape index (κ3) is 3.60. The lowest BCUT2D eigenvalue weighted by Gasteiger charge is -2.15. The number of aromatic amines is 1. The molecule has 0 saturated heterocycles. The largest absolute Gasteiger partial charge is 0.460 e. The van der Waals surface area contributed by atoms with Crippen LogP contribution in [0.5, 0.6) is 0 Å². The fraction of sp³-hybridized carbons (Fsp3) is 0.211. The predicted octanol–water partition coefficient (Wildman–Crippen LogP) is 3.04. The first-order valence-corrected chi connectivity index (χ1v) is 7.71. The number of H-pyrrole nitrogens is 1. The number of likely N-dealkylation sites (N-methyl/N-ethyl adjacent to an activating group) is 1. The van der Waals surface area contributed by atoms with E-state index >= 15 is 0 Å². The maximum absolute atomic E-state index is 12.3. The summed E-state index contributed by atoms with van der Waals surface area (Å²) in [6, 6.07) is 17.4. The number of esters is 1. The van der Waals surface area contributed by atoms with Gasteiger partial charge in [0.25, 0.3) is 0 Å². The SMILES string of the molecule is CN[C@@H](Cc1c[nH]c2ccccc12)C(=O)OCc1ccccc1. The zero-order valence-corrected chi connectivity index (χ0v) is 13.1. The number of rotatable bonds is 6. The molecule has 2 aromatic carbocycles. The van der Waals surface area contributed by atoms with Crippen LogP contribution < -0.4 is 5.32 Å². The Morgan fingerprint density at radius 3 is 2.65 bits per heavy atom. The zero-order chi connectivity index (χ0) is 16.1. The molecule has 0 bridgehead atoms. The normalized spacial score (nSPS) is 12.2. The van der Waals surface area contributed by atoms with Crippen molar-refractivity contribution < 1.29 is 9.53 Å². The first-order valence-electron chi connectivity index (χ1n) is 7.71. The topological polar surface area (TPSA) is 54.1 Å². The third-order valence-electron chi connectivity index (χ3n) is 3.96. The Hall–Kier alpha value is -2.59. The summed E-state index contributed by atoms with van der Waals surface area (Å²) in [7, 11) is 1.78. The minimum Gasteiger partial charge on any atom is -0.460 e. The summed E-state index contributed by atoms with van der Waals surface area (Å²) in [5.74, 6) is -0.235. The molecule has 1 aromatic heterocycles. The number of carbonyl (C=O) groups is 1. The lowest BCUT2D eigenvalue weighted by molar-refractivity contribution is -0.147. The van der Waals surface area contributed by atoms with E-state index in [9.17, 15) is 4.79 Å². The van der Waals surface area contributed by atoms with E-state index in [2.05, 4.69) is 16.4 Å². The zero-order valence-electron chi connectivity index (χ0n) is 13.1. The average molecular weight is 308 g/mol. The van der Waals surface area contributed by atoms with E-state index in [1.165, 1.54) is 0 Å². The molecule has 1 heterocycles. The van der Waals surface area contributed by atoms with Gasteiger partial charge in [0.1, 0.15) is 12.6 Å². The highest BCUT2D eigenvalue weighted by Gasteiger charge is 2.20. The Labute approximate surface area is 135 Å². The molecule has 3 aromatic rings. The number of hydrogen-bond donors (Lipinski definition) is 2. The lowest BCUT2D eigenvalue weighted by atomic mass is 10.1. The van der Waals surface area contributed by atoms with Crippen molar-refractivity contribution >= 4 is 16.9 Å². The van der Waals surface area contributed by atoms with E-state index in [1.807, 2.05) is 54.7 Å². The molecule has 0 saturated carbocycles. The van der Waals surface area contributed by atoms with Gasteiger partial charge in [-0.25, -0.2) is 0 Å². The van der Waals surface area contributed by atoms with Crippen LogP contribution >= 0.6 is 0 Å². The van der Waals surface area contributed by atoms with Gasteiger partial charge in [-0.1, -0.05) is 48.5 Å². The molecule has 0 aliphatic rings. The molecule has 0 aliphatic heterocycles. The number of carbonyl (C=O) groups excluding carboxylic acids is 1. The summed E-state index contributed by atoms with van der Waals surface area (Å²) in [4.78, 5) is 15.5. The lowest BCUT2D eigenvalue weighted by Crippen LogP contribution is -2.37. The summed E-state index contributed by atoms with van der Waals surface area (Å²) in [6.07, 6.45) is 2.55. The van der Waals surface area contributed by atoms with Crippen molar-refractivity contribution in [2.75, 3.05) is 7.05 Å². The summed E-state index contributed by atoms with van der Waals surface area (Å²) in [5, 5.41) is 4.19. The van der Waals surface area contributed by atoms with Crippen molar-refractivity contribution in [3.05, 3.63) is 71.9 Å². The monoisotopic (exact) mass is 308 g/mol. The molecular formula is C19H20N2O2. The van der Waals surface area contributed by atoms with Crippen LogP contribution in [0.4, 0.5) is 0 Å². The minimum absolute atomic E-state index is 0.235. The van der Waals surface area contributed by atoms with Crippen molar-refractivity contribution in [3.8, 4) is 0 Å². The molecule has 23 heavy (non-hydrogen) atoms. The second-order valence-corrected chi connectivity index (χ2v) is 5.50. The van der Waals surface area contributed by atoms with Crippen LogP contribution in [-0.4, -0.2) is 24.0 Å². The fourth-order valence-electron chi connectivity index (χ4n) is 2.65. The number of ether oxygens (including phenoxy) is 1. The standard InChI is InChI=1S/C19H20N2O2/c1-20-18(19(22)23-13-14-7-3-2-4-8-14)11-15-12-21-17-10-6-5-9-16(15)17/h2-10,12,18,20-21H,11,13H2,1H3/t18-/m0/s1. The van der Waals surface area contributed by atoms with Crippen molar-refractivity contribution in [1.29, 1.82) is 0 Å². The number of hydrogen-bond acceptors (Lipinski definition) is 3. The Kier molecular flexibility index (Phi) is 4.74. The highest BCUT2D eigenvalue weighted by atomic mass is 16.5. The molecular weight excluding hydrogens is 288 g/mol. The molecule has 0 aliphatic carbocycles. The Morgan fingerprint density at radius 2 is 1.87 bits per heavy atom. The quantitative estimate of drug-likeness (QED) is 0.688. The smallest absolute Gasteiger partial charge is 0.323 e. The second kappa shape index (κ2) is 7.11. The molecule has 4 heteroatoms. The Bertz CT molecular complexity index is 780. The van der Waals surface area contributed by atoms with Gasteiger partial charge < -0.3 is 15.0 Å². The average Bonchev–Trinajstić information content (AvgIpc) is 3.01. The van der Waals surface area contributed by atoms with Gasteiger partial charge in [0, 0.05) is 23.5 Å². The van der Waals surface area contributed by atoms with Gasteiger partial charge >= 0.3 is 5.97 Å². The van der Waals surface area contributed by atoms with Crippen LogP contribution in [0.1, 0.15) is 11.1 Å². The van der Waals surface area contributed by atoms with Gasteiger partial charge in [0.2, 0.25) is 0 Å². The number of nitrogens with one attached hydrogen (secondary N) is 2. The summed E-state index contributed by atoms with van der Waals surface area (Å²) in [6.45, 7) is 0.297. The van der Waals surface area contributed by atoms with Gasteiger partial charge in [-0.05, 0) is 24.2 Å². The highest BCUT2D eigenvalue weighted by Crippen LogP contribution is 2.19. The summed E-state index contributed by atoms with van der Waals surface area (Å²) in [5.41, 5.74) is 3.18. The molecule has 1 atom stereocenters. The van der Waals surface area contributed by atoms with Gasteiger partial charge in [0.15, 0.2) is 0 Å². The third-order valence-corrected chi connectivity index (χ3v) is 3.96. The maximum Gasteiger partial charge on any atom is 0.323 e. The van der Waals surface area contributed by atoms with E-state index < -0.39 is 0 Å². The number of para-hydroxylation sites is 1. The molecule has 4 nitrogen and oxygen atoms in total. The van der Waals surface area contributed by atoms with Crippen LogP contribution in [-0.2, 0) is 22.6 Å². The maximum atomic E-state index is 12.3. The molecule has 0 radical (unpaired) electrons. The minimum atomic E-state index is -0.363. The Morgan fingerprint density at radius 1 is 1.13 bits per heavy atom. The van der Waals surface area contributed by atoms with Gasteiger partial charge in [-0.15, -0.1) is 0 Å². The summed E-state index contributed by atoms with van der Waals surface area (Å²) >= 11 is 0. The van der Waals surface area contributed by atoms with Crippen LogP contribution in [0.25, 0.3) is 10.9 Å². The number of aromatic nitrogens is 1. The number of fused-ring (bicyclic) bond motifs is 1. The molecule has 2 N–H and O–H groups in total. The van der Waals surface area contributed by atoms with Crippen molar-refractivity contribution in [2.24, 2.45) is 0 Å². The van der Waals surface area contributed by atoms with Crippen molar-refractivity contribution in [2.45, 2.75) is 19.1 Å². The molecule has 3 rings (SSSR count). The molecule has 118 valence electrons. The molecule has 0 unspecified atom stereocenters. The van der Waals surface area contributed by atoms with Crippen LogP contribution in [0.15, 0.2) is 60.8 Å². The van der Waals surface area contributed by atoms with Gasteiger partial charge in [-0.2, -0.15) is 0 Å².